The van der Waals surface area contributed by atoms with Crippen molar-refractivity contribution in [1.29, 1.82) is 0 Å². The molecule has 0 saturated heterocycles. The van der Waals surface area contributed by atoms with Gasteiger partial charge < -0.3 is 9.47 Å². The molecule has 0 aliphatic heterocycles. The van der Waals surface area contributed by atoms with Crippen LogP contribution >= 0.6 is 0 Å². The van der Waals surface area contributed by atoms with Gasteiger partial charge in [0.05, 0.1) is 12.8 Å². The molecule has 0 aliphatic rings. The Morgan fingerprint density at radius 3 is 2.69 bits per heavy atom. The third kappa shape index (κ3) is 5.66. The minimum absolute atomic E-state index is 0.464. The van der Waals surface area contributed by atoms with Crippen molar-refractivity contribution >= 4 is 0 Å². The third-order valence-corrected chi connectivity index (χ3v) is 2.04. The molecule has 4 heteroatoms. The van der Waals surface area contributed by atoms with Gasteiger partial charge in [0.2, 0.25) is 5.95 Å². The molecule has 0 amide bonds. The molecular weight excluding hydrogens is 209 g/mol. The van der Waals surface area contributed by atoms with Gasteiger partial charge in [0.15, 0.2) is 0 Å². The van der Waals surface area contributed by atoms with Crippen LogP contribution in [0.1, 0.15) is 20.3 Å². The summed E-state index contributed by atoms with van der Waals surface area (Å²) in [7, 11) is 0. The van der Waals surface area contributed by atoms with Crippen LogP contribution in [-0.2, 0) is 4.74 Å². The molecule has 0 atom stereocenters. The summed E-state index contributed by atoms with van der Waals surface area (Å²) in [5.41, 5.74) is 0. The minimum atomic E-state index is -0.500. The molecule has 0 aliphatic carbocycles. The summed E-state index contributed by atoms with van der Waals surface area (Å²) in [5, 5.41) is 0. The fourth-order valence-corrected chi connectivity index (χ4v) is 1.09. The Kier molecular flexibility index (Phi) is 5.78. The topological polar surface area (TPSA) is 31.4 Å². The maximum Gasteiger partial charge on any atom is 0.213 e. The Bertz CT molecular complexity index is 288. The largest absolute Gasteiger partial charge is 0.490 e. The number of pyridine rings is 1. The predicted octanol–water partition coefficient (Wildman–Crippen LogP) is 2.66. The second-order valence-electron chi connectivity index (χ2n) is 3.96. The Hall–Kier alpha value is -1.16. The maximum absolute atomic E-state index is 12.5. The third-order valence-electron chi connectivity index (χ3n) is 2.04. The van der Waals surface area contributed by atoms with Crippen LogP contribution in [0.2, 0.25) is 0 Å². The molecule has 1 rings (SSSR count). The number of halogens is 1. The summed E-state index contributed by atoms with van der Waals surface area (Å²) in [4.78, 5) is 3.48. The smallest absolute Gasteiger partial charge is 0.213 e. The summed E-state index contributed by atoms with van der Waals surface area (Å²) in [6.45, 7) is 6.08. The van der Waals surface area contributed by atoms with E-state index in [1.165, 1.54) is 12.3 Å². The molecular formula is C12H18FNO2. The highest BCUT2D eigenvalue weighted by Gasteiger charge is 1.96. The molecule has 1 heterocycles. The second kappa shape index (κ2) is 7.17. The van der Waals surface area contributed by atoms with E-state index >= 15 is 0 Å². The van der Waals surface area contributed by atoms with Gasteiger partial charge in [-0.3, -0.25) is 0 Å². The average Bonchev–Trinajstić information content (AvgIpc) is 2.25. The lowest BCUT2D eigenvalue weighted by molar-refractivity contribution is 0.0924. The zero-order valence-corrected chi connectivity index (χ0v) is 9.78. The number of hydrogen-bond donors (Lipinski definition) is 0. The zero-order chi connectivity index (χ0) is 11.8. The number of ether oxygens (including phenoxy) is 2. The van der Waals surface area contributed by atoms with Crippen molar-refractivity contribution in [2.24, 2.45) is 5.92 Å². The molecule has 16 heavy (non-hydrogen) atoms. The lowest BCUT2D eigenvalue weighted by atomic mass is 10.1. The number of aromatic nitrogens is 1. The Labute approximate surface area is 95.6 Å². The van der Waals surface area contributed by atoms with Crippen molar-refractivity contribution < 1.29 is 13.9 Å². The van der Waals surface area contributed by atoms with E-state index in [1.807, 2.05) is 0 Å². The zero-order valence-electron chi connectivity index (χ0n) is 9.78. The van der Waals surface area contributed by atoms with Crippen molar-refractivity contribution in [2.75, 3.05) is 19.8 Å². The van der Waals surface area contributed by atoms with Crippen LogP contribution in [0.3, 0.4) is 0 Å². The highest BCUT2D eigenvalue weighted by Crippen LogP contribution is 2.07. The molecule has 0 aromatic carbocycles. The van der Waals surface area contributed by atoms with Crippen molar-refractivity contribution in [3.63, 3.8) is 0 Å². The monoisotopic (exact) mass is 227 g/mol. The van der Waals surface area contributed by atoms with Crippen LogP contribution in [0.5, 0.6) is 5.75 Å². The van der Waals surface area contributed by atoms with E-state index in [2.05, 4.69) is 18.8 Å². The highest BCUT2D eigenvalue weighted by atomic mass is 19.1. The van der Waals surface area contributed by atoms with Crippen LogP contribution in [0.25, 0.3) is 0 Å². The molecule has 0 bridgehead atoms. The molecule has 0 saturated carbocycles. The van der Waals surface area contributed by atoms with Gasteiger partial charge in [0.1, 0.15) is 12.4 Å². The van der Waals surface area contributed by atoms with Crippen LogP contribution in [0.15, 0.2) is 18.3 Å². The highest BCUT2D eigenvalue weighted by molar-refractivity contribution is 5.15. The Balaban J connectivity index is 2.05. The summed E-state index contributed by atoms with van der Waals surface area (Å²) in [5.74, 6) is 0.719. The first-order chi connectivity index (χ1) is 7.68. The van der Waals surface area contributed by atoms with Crippen molar-refractivity contribution in [3.05, 3.63) is 24.3 Å². The minimum Gasteiger partial charge on any atom is -0.490 e. The van der Waals surface area contributed by atoms with Gasteiger partial charge in [-0.25, -0.2) is 4.98 Å². The standard InChI is InChI=1S/C12H18FNO2/c1-10(2)5-6-15-7-8-16-11-3-4-12(13)14-9-11/h3-4,9-10H,5-8H2,1-2H3. The predicted molar refractivity (Wildman–Crippen MR) is 60.0 cm³/mol. The number of nitrogens with zero attached hydrogens (tertiary/aromatic N) is 1. The van der Waals surface area contributed by atoms with E-state index in [0.29, 0.717) is 24.9 Å². The SMILES string of the molecule is CC(C)CCOCCOc1ccc(F)nc1. The molecule has 1 aromatic heterocycles. The maximum atomic E-state index is 12.5. The molecule has 0 spiro atoms. The summed E-state index contributed by atoms with van der Waals surface area (Å²) in [6, 6.07) is 2.82. The van der Waals surface area contributed by atoms with Gasteiger partial charge >= 0.3 is 0 Å². The summed E-state index contributed by atoms with van der Waals surface area (Å²) < 4.78 is 23.1. The number of hydrogen-bond acceptors (Lipinski definition) is 3. The van der Waals surface area contributed by atoms with E-state index < -0.39 is 5.95 Å². The second-order valence-corrected chi connectivity index (χ2v) is 3.96. The molecule has 90 valence electrons. The first-order valence-corrected chi connectivity index (χ1v) is 5.50. The van der Waals surface area contributed by atoms with E-state index in [9.17, 15) is 4.39 Å². The quantitative estimate of drug-likeness (QED) is 0.530. The summed E-state index contributed by atoms with van der Waals surface area (Å²) >= 11 is 0. The van der Waals surface area contributed by atoms with Crippen LogP contribution < -0.4 is 4.74 Å². The molecule has 3 nitrogen and oxygen atoms in total. The van der Waals surface area contributed by atoms with E-state index in [0.717, 1.165) is 13.0 Å². The normalized spacial score (nSPS) is 10.8. The van der Waals surface area contributed by atoms with Gasteiger partial charge in [0, 0.05) is 6.61 Å². The van der Waals surface area contributed by atoms with Gasteiger partial charge in [-0.05, 0) is 24.5 Å². The van der Waals surface area contributed by atoms with Gasteiger partial charge in [-0.2, -0.15) is 4.39 Å². The number of rotatable bonds is 7. The fraction of sp³-hybridized carbons (Fsp3) is 0.583. The van der Waals surface area contributed by atoms with E-state index in [1.54, 1.807) is 6.07 Å². The van der Waals surface area contributed by atoms with Crippen LogP contribution in [0, 0.1) is 11.9 Å². The summed E-state index contributed by atoms with van der Waals surface area (Å²) in [6.07, 6.45) is 2.42. The first-order valence-electron chi connectivity index (χ1n) is 5.50. The van der Waals surface area contributed by atoms with Crippen molar-refractivity contribution in [2.45, 2.75) is 20.3 Å². The van der Waals surface area contributed by atoms with Crippen molar-refractivity contribution in [3.8, 4) is 5.75 Å². The molecule has 0 radical (unpaired) electrons. The Morgan fingerprint density at radius 2 is 2.06 bits per heavy atom. The first kappa shape index (κ1) is 12.9. The van der Waals surface area contributed by atoms with Crippen LogP contribution in [-0.4, -0.2) is 24.8 Å². The van der Waals surface area contributed by atoms with Gasteiger partial charge in [-0.1, -0.05) is 13.8 Å². The molecule has 0 N–H and O–H groups in total. The van der Waals surface area contributed by atoms with E-state index in [-0.39, 0.29) is 0 Å². The molecule has 0 fully saturated rings. The van der Waals surface area contributed by atoms with Crippen LogP contribution in [0.4, 0.5) is 4.39 Å². The van der Waals surface area contributed by atoms with Crippen molar-refractivity contribution in [1.82, 2.24) is 4.98 Å². The van der Waals surface area contributed by atoms with Gasteiger partial charge in [0.25, 0.3) is 0 Å². The molecule has 0 unspecified atom stereocenters. The fourth-order valence-electron chi connectivity index (χ4n) is 1.09. The Morgan fingerprint density at radius 1 is 1.25 bits per heavy atom. The molecule has 1 aromatic rings. The van der Waals surface area contributed by atoms with E-state index in [4.69, 9.17) is 9.47 Å². The lowest BCUT2D eigenvalue weighted by Crippen LogP contribution is -2.08. The lowest BCUT2D eigenvalue weighted by Gasteiger charge is -2.07. The van der Waals surface area contributed by atoms with Gasteiger partial charge in [-0.15, -0.1) is 0 Å². The average molecular weight is 227 g/mol.